The summed E-state index contributed by atoms with van der Waals surface area (Å²) in [5.41, 5.74) is 0. The van der Waals surface area contributed by atoms with Gasteiger partial charge in [0.25, 0.3) is 0 Å². The van der Waals surface area contributed by atoms with Crippen molar-refractivity contribution in [3.63, 3.8) is 0 Å². The fraction of sp³-hybridized carbons (Fsp3) is 1.00. The SMILES string of the molecule is OS1(C2CCCCCCC2)CCCCCCC1. The van der Waals surface area contributed by atoms with Crippen molar-refractivity contribution in [1.82, 2.24) is 0 Å². The van der Waals surface area contributed by atoms with Crippen molar-refractivity contribution in [2.24, 2.45) is 0 Å². The lowest BCUT2D eigenvalue weighted by atomic mass is 10.0. The molecule has 1 aliphatic heterocycles. The first-order chi connectivity index (χ1) is 8.31. The van der Waals surface area contributed by atoms with E-state index in [1.807, 2.05) is 0 Å². The summed E-state index contributed by atoms with van der Waals surface area (Å²) in [6.07, 6.45) is 16.4. The summed E-state index contributed by atoms with van der Waals surface area (Å²) >= 11 is 0. The first kappa shape index (κ1) is 13.7. The second-order valence-corrected chi connectivity index (χ2v) is 9.33. The predicted molar refractivity (Wildman–Crippen MR) is 79.1 cm³/mol. The number of hydrogen-bond acceptors (Lipinski definition) is 1. The molecule has 1 saturated carbocycles. The van der Waals surface area contributed by atoms with Crippen LogP contribution < -0.4 is 0 Å². The van der Waals surface area contributed by atoms with Gasteiger partial charge in [-0.05, 0) is 37.2 Å². The van der Waals surface area contributed by atoms with Crippen LogP contribution in [-0.4, -0.2) is 21.3 Å². The maximum atomic E-state index is 11.1. The molecule has 2 heteroatoms. The van der Waals surface area contributed by atoms with Gasteiger partial charge in [0.05, 0.1) is 0 Å². The summed E-state index contributed by atoms with van der Waals surface area (Å²) < 4.78 is 11.1. The van der Waals surface area contributed by atoms with E-state index in [4.69, 9.17) is 0 Å². The third kappa shape index (κ3) is 4.17. The second kappa shape index (κ2) is 7.04. The molecule has 0 aromatic heterocycles. The number of hydrogen-bond donors (Lipinski definition) is 1. The molecule has 1 N–H and O–H groups in total. The highest BCUT2D eigenvalue weighted by atomic mass is 32.3. The summed E-state index contributed by atoms with van der Waals surface area (Å²) in [5.74, 6) is 2.33. The maximum absolute atomic E-state index is 11.1. The Bertz CT molecular complexity index is 201. The van der Waals surface area contributed by atoms with E-state index in [-0.39, 0.29) is 0 Å². The van der Waals surface area contributed by atoms with Gasteiger partial charge >= 0.3 is 0 Å². The van der Waals surface area contributed by atoms with Gasteiger partial charge in [0.15, 0.2) is 0 Å². The highest BCUT2D eigenvalue weighted by Gasteiger charge is 2.31. The molecule has 0 spiro atoms. The van der Waals surface area contributed by atoms with Gasteiger partial charge in [-0.3, -0.25) is 0 Å². The highest BCUT2D eigenvalue weighted by Crippen LogP contribution is 2.54. The summed E-state index contributed by atoms with van der Waals surface area (Å²) in [7, 11) is -1.24. The van der Waals surface area contributed by atoms with E-state index < -0.39 is 10.3 Å². The van der Waals surface area contributed by atoms with Crippen molar-refractivity contribution in [3.05, 3.63) is 0 Å². The average Bonchev–Trinajstić information content (AvgIpc) is 2.23. The Morgan fingerprint density at radius 1 is 0.588 bits per heavy atom. The van der Waals surface area contributed by atoms with Crippen molar-refractivity contribution in [1.29, 1.82) is 0 Å². The minimum absolute atomic E-state index is 0.695. The molecule has 2 rings (SSSR count). The van der Waals surface area contributed by atoms with Crippen LogP contribution in [0, 0.1) is 0 Å². The van der Waals surface area contributed by atoms with Gasteiger partial charge in [-0.1, -0.05) is 51.4 Å². The van der Waals surface area contributed by atoms with Crippen LogP contribution in [0.15, 0.2) is 0 Å². The molecule has 1 nitrogen and oxygen atoms in total. The zero-order chi connectivity index (χ0) is 12.0. The Morgan fingerprint density at radius 3 is 1.53 bits per heavy atom. The Labute approximate surface area is 109 Å². The molecule has 0 aromatic carbocycles. The Hall–Kier alpha value is 0.310. The van der Waals surface area contributed by atoms with Crippen molar-refractivity contribution in [3.8, 4) is 0 Å². The van der Waals surface area contributed by atoms with Crippen LogP contribution in [0.1, 0.15) is 77.0 Å². The van der Waals surface area contributed by atoms with Crippen LogP contribution in [0.5, 0.6) is 0 Å². The Morgan fingerprint density at radius 2 is 1.00 bits per heavy atom. The van der Waals surface area contributed by atoms with Gasteiger partial charge in [0.1, 0.15) is 0 Å². The lowest BCUT2D eigenvalue weighted by Gasteiger charge is -2.43. The monoisotopic (exact) mass is 258 g/mol. The molecular weight excluding hydrogens is 228 g/mol. The average molecular weight is 258 g/mol. The minimum Gasteiger partial charge on any atom is -0.351 e. The van der Waals surface area contributed by atoms with E-state index in [1.165, 1.54) is 77.0 Å². The quantitative estimate of drug-likeness (QED) is 0.673. The lowest BCUT2D eigenvalue weighted by molar-refractivity contribution is 0.484. The molecular formula is C15H30OS. The molecule has 0 atom stereocenters. The summed E-state index contributed by atoms with van der Waals surface area (Å²) in [6, 6.07) is 0. The third-order valence-electron chi connectivity index (χ3n) is 4.67. The van der Waals surface area contributed by atoms with Gasteiger partial charge in [-0.15, -0.1) is 10.3 Å². The molecule has 0 radical (unpaired) electrons. The molecule has 2 aliphatic rings. The molecule has 1 aliphatic carbocycles. The van der Waals surface area contributed by atoms with Crippen molar-refractivity contribution < 1.29 is 4.55 Å². The van der Waals surface area contributed by atoms with E-state index >= 15 is 0 Å². The molecule has 17 heavy (non-hydrogen) atoms. The van der Waals surface area contributed by atoms with Gasteiger partial charge in [-0.2, -0.15) is 0 Å². The largest absolute Gasteiger partial charge is 0.351 e. The first-order valence-corrected chi connectivity index (χ1v) is 9.80. The van der Waals surface area contributed by atoms with Gasteiger partial charge in [0.2, 0.25) is 0 Å². The molecule has 0 aromatic rings. The smallest absolute Gasteiger partial charge is 0.0102 e. The van der Waals surface area contributed by atoms with Crippen molar-refractivity contribution in [2.75, 3.05) is 11.5 Å². The molecule has 0 bridgehead atoms. The van der Waals surface area contributed by atoms with Crippen molar-refractivity contribution in [2.45, 2.75) is 82.3 Å². The Kier molecular flexibility index (Phi) is 5.68. The van der Waals surface area contributed by atoms with E-state index in [0.29, 0.717) is 5.25 Å². The fourth-order valence-electron chi connectivity index (χ4n) is 3.53. The molecule has 0 unspecified atom stereocenters. The summed E-state index contributed by atoms with van der Waals surface area (Å²) in [6.45, 7) is 0. The summed E-state index contributed by atoms with van der Waals surface area (Å²) in [5, 5.41) is 0.695. The van der Waals surface area contributed by atoms with Crippen LogP contribution in [0.4, 0.5) is 0 Å². The molecule has 0 amide bonds. The summed E-state index contributed by atoms with van der Waals surface area (Å²) in [4.78, 5) is 0. The predicted octanol–water partition coefficient (Wildman–Crippen LogP) is 5.34. The molecule has 1 saturated heterocycles. The second-order valence-electron chi connectivity index (χ2n) is 6.04. The fourth-order valence-corrected chi connectivity index (χ4v) is 7.02. The normalized spacial score (nSPS) is 30.6. The minimum atomic E-state index is -1.24. The van der Waals surface area contributed by atoms with E-state index in [9.17, 15) is 4.55 Å². The zero-order valence-electron chi connectivity index (χ0n) is 11.3. The molecule has 102 valence electrons. The van der Waals surface area contributed by atoms with E-state index in [0.717, 1.165) is 11.5 Å². The van der Waals surface area contributed by atoms with Crippen LogP contribution in [0.2, 0.25) is 0 Å². The van der Waals surface area contributed by atoms with Gasteiger partial charge in [-0.25, -0.2) is 0 Å². The van der Waals surface area contributed by atoms with Crippen LogP contribution in [0.3, 0.4) is 0 Å². The highest BCUT2D eigenvalue weighted by molar-refractivity contribution is 8.29. The standard InChI is InChI=1S/C15H30OS/c16-17(13-9-5-2-6-10-14-17)15-11-7-3-1-4-8-12-15/h15-16H,1-14H2. The van der Waals surface area contributed by atoms with Crippen molar-refractivity contribution >= 4 is 10.3 Å². The number of rotatable bonds is 1. The van der Waals surface area contributed by atoms with Crippen LogP contribution in [-0.2, 0) is 0 Å². The van der Waals surface area contributed by atoms with Gasteiger partial charge in [0, 0.05) is 5.25 Å². The topological polar surface area (TPSA) is 20.2 Å². The molecule has 2 fully saturated rings. The van der Waals surface area contributed by atoms with E-state index in [1.54, 1.807) is 0 Å². The third-order valence-corrected chi connectivity index (χ3v) is 8.37. The lowest BCUT2D eigenvalue weighted by Crippen LogP contribution is -2.25. The Balaban J connectivity index is 1.94. The zero-order valence-corrected chi connectivity index (χ0v) is 12.1. The van der Waals surface area contributed by atoms with Crippen LogP contribution >= 0.6 is 10.3 Å². The molecule has 1 heterocycles. The maximum Gasteiger partial charge on any atom is 0.0102 e. The first-order valence-electron chi connectivity index (χ1n) is 7.81. The van der Waals surface area contributed by atoms with Gasteiger partial charge < -0.3 is 4.55 Å². The van der Waals surface area contributed by atoms with Crippen LogP contribution in [0.25, 0.3) is 0 Å². The van der Waals surface area contributed by atoms with E-state index in [2.05, 4.69) is 0 Å².